The minimum Gasteiger partial charge on any atom is -0.460 e. The minimum absolute atomic E-state index is 0.00261. The van der Waals surface area contributed by atoms with Crippen molar-refractivity contribution < 1.29 is 89.1 Å². The number of ether oxygens (including phenoxy) is 9. The summed E-state index contributed by atoms with van der Waals surface area (Å²) in [6.07, 6.45) is 32.3. The summed E-state index contributed by atoms with van der Waals surface area (Å²) < 4.78 is 90.2. The number of nitrogens with zero attached hydrogens (tertiary/aromatic N) is 19. The third kappa shape index (κ3) is 23.6. The zero-order valence-corrected chi connectivity index (χ0v) is 90.4. The second-order valence-electron chi connectivity index (χ2n) is 37.6. The quantitative estimate of drug-likeness (QED) is 0.0291. The molecule has 0 saturated carbocycles. The van der Waals surface area contributed by atoms with Gasteiger partial charge in [0.15, 0.2) is 11.3 Å². The monoisotopic (exact) mass is 2140 g/mol. The molecule has 0 aliphatic carbocycles. The van der Waals surface area contributed by atoms with Crippen LogP contribution in [0.1, 0.15) is 199 Å². The Hall–Kier alpha value is -14.3. The number of carbonyl (C=O) groups is 6. The highest BCUT2D eigenvalue weighted by atomic mass is 79.9. The average Bonchev–Trinajstić information content (AvgIpc) is 1.58. The number of rotatable bonds is 25. The van der Waals surface area contributed by atoms with Crippen LogP contribution in [0.15, 0.2) is 162 Å². The van der Waals surface area contributed by atoms with E-state index in [-0.39, 0.29) is 110 Å². The van der Waals surface area contributed by atoms with Gasteiger partial charge in [0.25, 0.3) is 0 Å². The van der Waals surface area contributed by atoms with Gasteiger partial charge in [-0.25, -0.2) is 28.8 Å². The number of benzene rings is 4. The van der Waals surface area contributed by atoms with Gasteiger partial charge in [-0.15, -0.1) is 0 Å². The molecule has 0 unspecified atom stereocenters. The number of hydrogen-bond acceptors (Lipinski definition) is 28. The Morgan fingerprint density at radius 2 is 0.720 bits per heavy atom. The average molecular weight is 2140 g/mol. The standard InChI is InChI=1S/C28H33N5O5.C26H28N6O3.C26H33N3O6.C25H30ClN3O6.C4H5BrN2/c1-6-21-11-20(8-9-37-21)33(28(35)36-7-2)25-23-12-22(18-13-29-31(4)15-18)17(3)10-24(23)38-27(25)26(34)19-14-30-32(5)16-19;1-5-19-9-18(6-7-34-19)32-24-21-10-20(16-11-27-30(3)13-16)15(2)8-22(21)35-25(24)23(29-26(32)33)17-12-28-31(4)14-17;1-6-19-12-18(9-10-34-19)29(26(31)33-8-3)23-21-13-20(17-14-27-28(5)15-17)16(4)11-22(21)35-24(23)25(30)32-7-2;1-5-17-10-16(8-9-34-17)29(25(31)33-7-3)22-19-11-18(15-13-27-28(4)14-15)20(26)12-21(19)35-23(22)24(30)32-6-2;1-7-3-4(5)2-6-7/h10,12-16,20-21H,6-9,11H2,1-5H3;8,10-14,18-19H,5-7,9H2,1-4H3;11,13-15,18-19H,6-10,12H2,1-5H3;11-14,16-17H,5-10H2,1-4H3;2-3H,1H3/t20-,21-;2*18-,19-;16-,17-;/m0000./s1. The van der Waals surface area contributed by atoms with Crippen LogP contribution in [0.25, 0.3) is 111 Å². The highest BCUT2D eigenvalue weighted by molar-refractivity contribution is 9.10. The number of hydrogen-bond donors (Lipinski definition) is 0. The molecule has 20 rings (SSSR count). The predicted octanol–water partition coefficient (Wildman–Crippen LogP) is 21.4. The van der Waals surface area contributed by atoms with Crippen LogP contribution in [0.3, 0.4) is 0 Å². The van der Waals surface area contributed by atoms with Gasteiger partial charge in [-0.05, 0) is 224 Å². The molecule has 12 aromatic heterocycles. The number of esters is 2. The Morgan fingerprint density at radius 3 is 1.08 bits per heavy atom. The number of carbonyl (C=O) groups excluding carboxylic acids is 6. The number of ketones is 1. The number of fused-ring (bicyclic) bond motifs is 6. The molecule has 41 heteroatoms. The summed E-state index contributed by atoms with van der Waals surface area (Å²) in [5, 5.41) is 32.7. The van der Waals surface area contributed by atoms with Gasteiger partial charge in [-0.3, -0.25) is 56.8 Å². The molecule has 150 heavy (non-hydrogen) atoms. The number of aromatic nitrogens is 16. The first-order valence-electron chi connectivity index (χ1n) is 51.0. The maximum absolute atomic E-state index is 13.8. The number of furan rings is 4. The van der Waals surface area contributed by atoms with Crippen LogP contribution in [0.4, 0.5) is 31.4 Å². The van der Waals surface area contributed by atoms with Crippen LogP contribution in [-0.4, -0.2) is 216 Å². The molecule has 4 aliphatic rings. The van der Waals surface area contributed by atoms with E-state index in [2.05, 4.69) is 90.4 Å². The zero-order chi connectivity index (χ0) is 107. The fourth-order valence-corrected chi connectivity index (χ4v) is 20.6. The minimum atomic E-state index is -0.661. The molecule has 4 aliphatic heterocycles. The van der Waals surface area contributed by atoms with Gasteiger partial charge in [-0.2, -0.15) is 40.7 Å². The Labute approximate surface area is 880 Å². The summed E-state index contributed by atoms with van der Waals surface area (Å²) in [5.41, 5.74) is 16.3. The first-order valence-corrected chi connectivity index (χ1v) is 52.1. The molecule has 3 amide bonds. The van der Waals surface area contributed by atoms with Crippen molar-refractivity contribution >= 4 is 136 Å². The van der Waals surface area contributed by atoms with Crippen molar-refractivity contribution in [3.05, 3.63) is 195 Å². The van der Waals surface area contributed by atoms with E-state index in [0.717, 1.165) is 121 Å². The van der Waals surface area contributed by atoms with Crippen LogP contribution in [0.5, 0.6) is 0 Å². The summed E-state index contributed by atoms with van der Waals surface area (Å²) in [5.74, 6) is -1.61. The second-order valence-corrected chi connectivity index (χ2v) is 38.9. The predicted molar refractivity (Wildman–Crippen MR) is 570 cm³/mol. The van der Waals surface area contributed by atoms with Crippen molar-refractivity contribution in [1.82, 2.24) is 78.0 Å². The molecule has 0 N–H and O–H groups in total. The fourth-order valence-electron chi connectivity index (χ4n) is 19.9. The molecule has 4 fully saturated rings. The molecule has 8 atom stereocenters. The van der Waals surface area contributed by atoms with Gasteiger partial charge < -0.3 is 60.3 Å². The number of aryl methyl sites for hydroxylation is 10. The Balaban J connectivity index is 0.000000139. The zero-order valence-electron chi connectivity index (χ0n) is 88.1. The summed E-state index contributed by atoms with van der Waals surface area (Å²) >= 11 is 9.84. The summed E-state index contributed by atoms with van der Waals surface area (Å²) in [6, 6.07) is 14.6. The van der Waals surface area contributed by atoms with Crippen LogP contribution in [0.2, 0.25) is 5.02 Å². The Kier molecular flexibility index (Phi) is 34.8. The first kappa shape index (κ1) is 108. The van der Waals surface area contributed by atoms with E-state index in [1.54, 1.807) is 127 Å². The van der Waals surface area contributed by atoms with E-state index in [0.29, 0.717) is 142 Å². The number of halogens is 2. The first-order chi connectivity index (χ1) is 72.3. The van der Waals surface area contributed by atoms with Gasteiger partial charge in [0.1, 0.15) is 50.6 Å². The number of anilines is 3. The van der Waals surface area contributed by atoms with E-state index < -0.39 is 30.2 Å². The summed E-state index contributed by atoms with van der Waals surface area (Å²) in [6.45, 7) is 26.1. The van der Waals surface area contributed by atoms with Gasteiger partial charge in [0.2, 0.25) is 17.3 Å². The Bertz CT molecular complexity index is 7400. The lowest BCUT2D eigenvalue weighted by atomic mass is 9.97. The smallest absolute Gasteiger partial charge is 0.414 e. The van der Waals surface area contributed by atoms with Crippen molar-refractivity contribution in [3.8, 4) is 55.8 Å². The van der Waals surface area contributed by atoms with Gasteiger partial charge in [-0.1, -0.05) is 39.3 Å². The van der Waals surface area contributed by atoms with Crippen LogP contribution in [-0.2, 0) is 92.0 Å². The lowest BCUT2D eigenvalue weighted by molar-refractivity contribution is -0.00711. The van der Waals surface area contributed by atoms with E-state index in [9.17, 15) is 33.6 Å². The molecule has 4 saturated heterocycles. The van der Waals surface area contributed by atoms with E-state index in [1.165, 1.54) is 11.1 Å². The number of amides is 3. The molecule has 16 aromatic rings. The van der Waals surface area contributed by atoms with Gasteiger partial charge in [0, 0.05) is 204 Å². The molecule has 0 spiro atoms. The van der Waals surface area contributed by atoms with Crippen LogP contribution in [0, 0.1) is 20.8 Å². The molecular formula is C109H129BrClN19O20. The summed E-state index contributed by atoms with van der Waals surface area (Å²) in [7, 11) is 12.9. The largest absolute Gasteiger partial charge is 0.460 e. The van der Waals surface area contributed by atoms with Crippen molar-refractivity contribution in [2.24, 2.45) is 49.3 Å². The molecule has 39 nitrogen and oxygen atoms in total. The van der Waals surface area contributed by atoms with Crippen molar-refractivity contribution in [2.75, 3.05) is 74.2 Å². The summed E-state index contributed by atoms with van der Waals surface area (Å²) in [4.78, 5) is 103. The normalized spacial score (nSPS) is 17.6. The third-order valence-electron chi connectivity index (χ3n) is 27.2. The molecule has 0 bridgehead atoms. The van der Waals surface area contributed by atoms with Crippen LogP contribution < -0.4 is 20.4 Å². The topological polar surface area (TPSA) is 407 Å². The van der Waals surface area contributed by atoms with E-state index in [1.807, 2.05) is 147 Å². The molecular weight excluding hydrogens is 2010 g/mol. The molecule has 4 aromatic carbocycles. The fraction of sp³-hybridized carbons (Fsp3) is 0.440. The highest BCUT2D eigenvalue weighted by Crippen LogP contribution is 2.48. The van der Waals surface area contributed by atoms with Gasteiger partial charge in [0.05, 0.1) is 116 Å². The lowest BCUT2D eigenvalue weighted by Crippen LogP contribution is -2.46. The lowest BCUT2D eigenvalue weighted by Gasteiger charge is -2.36. The molecule has 0 radical (unpaired) electrons. The maximum atomic E-state index is 13.8. The Morgan fingerprint density at radius 1 is 0.387 bits per heavy atom. The van der Waals surface area contributed by atoms with Crippen molar-refractivity contribution in [3.63, 3.8) is 0 Å². The highest BCUT2D eigenvalue weighted by Gasteiger charge is 2.43. The van der Waals surface area contributed by atoms with Crippen LogP contribution >= 0.6 is 27.5 Å². The maximum Gasteiger partial charge on any atom is 0.414 e. The second kappa shape index (κ2) is 48.1. The van der Waals surface area contributed by atoms with Gasteiger partial charge >= 0.3 is 35.9 Å². The van der Waals surface area contributed by atoms with Crippen molar-refractivity contribution in [2.45, 2.75) is 209 Å². The van der Waals surface area contributed by atoms with Crippen molar-refractivity contribution in [1.29, 1.82) is 0 Å². The molecule has 794 valence electrons. The molecule has 16 heterocycles. The van der Waals surface area contributed by atoms with E-state index >= 15 is 0 Å². The third-order valence-corrected chi connectivity index (χ3v) is 27.9. The van der Waals surface area contributed by atoms with E-state index in [4.69, 9.17) is 71.9 Å². The SMILES string of the molecule is CCOC(=O)N(c1c(C(=O)c2cnn(C)c2)oc2cc(C)c(-c3cnn(C)c3)cc12)[C@H]1CCO[C@@H](CC)C1.CCOC(=O)c1oc2cc(C)c(-c3cnn(C)c3)cc2c1N(C(=O)OCC)[C@H]1CCO[C@@H](CC)C1.CCOC(=O)c1oc2cc(Cl)c(-c3cnn(C)c3)cc2c1N(C(=O)OCC)[C@H]1CCO[C@@H](CC)C1.CC[C@H]1C[C@@H](n2c(=O)nc(-c3cnn(C)c3)c3oc4cc(C)c(-c5cnn(C)c5)cc4c32)CCO1.Cn1cc(Br)cn1.